The van der Waals surface area contributed by atoms with Gasteiger partial charge in [0.25, 0.3) is 0 Å². The molecule has 1 aromatic rings. The lowest BCUT2D eigenvalue weighted by Gasteiger charge is -2.08. The second-order valence-corrected chi connectivity index (χ2v) is 4.04. The number of aliphatic hydroxyl groups is 1. The Hall–Kier alpha value is -1.62. The lowest BCUT2D eigenvalue weighted by molar-refractivity contribution is -0.121. The number of ether oxygens (including phenoxy) is 1. The molecule has 2 N–H and O–H groups in total. The second-order valence-electron chi connectivity index (χ2n) is 4.04. The van der Waals surface area contributed by atoms with Crippen molar-refractivity contribution in [3.63, 3.8) is 0 Å². The molecule has 1 aromatic carbocycles. The number of nitrogens with one attached hydrogen (secondary N) is 1. The first-order valence-electron chi connectivity index (χ1n) is 5.91. The van der Waals surface area contributed by atoms with Crippen LogP contribution in [0.25, 0.3) is 0 Å². The van der Waals surface area contributed by atoms with E-state index in [0.29, 0.717) is 12.8 Å². The fraction of sp³-hybridized carbons (Fsp3) is 0.462. The molecule has 1 atom stereocenters. The molecule has 0 spiro atoms. The first-order chi connectivity index (χ1) is 8.59. The second kappa shape index (κ2) is 7.66. The lowest BCUT2D eigenvalue weighted by Crippen LogP contribution is -2.30. The normalized spacial score (nSPS) is 11.9. The van der Waals surface area contributed by atoms with Crippen LogP contribution >= 0.6 is 0 Å². The zero-order valence-corrected chi connectivity index (χ0v) is 10.4. The molecule has 1 rings (SSSR count). The zero-order chi connectivity index (χ0) is 13.4. The molecule has 4 nitrogen and oxygen atoms in total. The standard InChI is InChI=1S/C13H18FNO3/c1-10(16)9-15-13(17)7-4-8-18-12-6-3-2-5-11(12)14/h2-3,5-6,10,16H,4,7-9H2,1H3,(H,15,17). The molecule has 1 amide bonds. The monoisotopic (exact) mass is 255 g/mol. The predicted molar refractivity (Wildman–Crippen MR) is 65.8 cm³/mol. The predicted octanol–water partition coefficient (Wildman–Crippen LogP) is 1.48. The molecular weight excluding hydrogens is 237 g/mol. The average molecular weight is 255 g/mol. The van der Waals surface area contributed by atoms with Crippen molar-refractivity contribution in [2.45, 2.75) is 25.9 Å². The number of rotatable bonds is 7. The van der Waals surface area contributed by atoms with E-state index in [4.69, 9.17) is 9.84 Å². The Bertz CT molecular complexity index is 382. The number of carbonyl (C=O) groups excluding carboxylic acids is 1. The van der Waals surface area contributed by atoms with Crippen molar-refractivity contribution in [2.75, 3.05) is 13.2 Å². The van der Waals surface area contributed by atoms with Crippen LogP contribution < -0.4 is 10.1 Å². The maximum Gasteiger partial charge on any atom is 0.220 e. The molecule has 100 valence electrons. The third-order valence-corrected chi connectivity index (χ3v) is 2.24. The van der Waals surface area contributed by atoms with E-state index in [1.165, 1.54) is 6.07 Å². The van der Waals surface area contributed by atoms with E-state index in [0.717, 1.165) is 0 Å². The minimum Gasteiger partial charge on any atom is -0.491 e. The van der Waals surface area contributed by atoms with Crippen molar-refractivity contribution in [3.8, 4) is 5.75 Å². The van der Waals surface area contributed by atoms with E-state index in [1.54, 1.807) is 25.1 Å². The Morgan fingerprint density at radius 2 is 2.22 bits per heavy atom. The van der Waals surface area contributed by atoms with Crippen LogP contribution in [0.3, 0.4) is 0 Å². The highest BCUT2D eigenvalue weighted by molar-refractivity contribution is 5.75. The molecule has 1 unspecified atom stereocenters. The maximum absolute atomic E-state index is 13.2. The molecule has 0 saturated heterocycles. The van der Waals surface area contributed by atoms with E-state index in [1.807, 2.05) is 0 Å². The minimum absolute atomic E-state index is 0.145. The van der Waals surface area contributed by atoms with Gasteiger partial charge >= 0.3 is 0 Å². The molecule has 0 bridgehead atoms. The van der Waals surface area contributed by atoms with Gasteiger partial charge in [0.1, 0.15) is 0 Å². The SMILES string of the molecule is CC(O)CNC(=O)CCCOc1ccccc1F. The molecule has 0 heterocycles. The van der Waals surface area contributed by atoms with Gasteiger partial charge in [-0.05, 0) is 25.5 Å². The quantitative estimate of drug-likeness (QED) is 0.726. The summed E-state index contributed by atoms with van der Waals surface area (Å²) >= 11 is 0. The average Bonchev–Trinajstić information content (AvgIpc) is 2.34. The van der Waals surface area contributed by atoms with Gasteiger partial charge in [-0.2, -0.15) is 0 Å². The van der Waals surface area contributed by atoms with Gasteiger partial charge in [-0.15, -0.1) is 0 Å². The number of benzene rings is 1. The van der Waals surface area contributed by atoms with Crippen molar-refractivity contribution >= 4 is 5.91 Å². The van der Waals surface area contributed by atoms with Gasteiger partial charge < -0.3 is 15.2 Å². The molecule has 0 radical (unpaired) electrons. The molecule has 5 heteroatoms. The van der Waals surface area contributed by atoms with Gasteiger partial charge in [0.2, 0.25) is 5.91 Å². The molecule has 0 aromatic heterocycles. The number of para-hydroxylation sites is 1. The van der Waals surface area contributed by atoms with Gasteiger partial charge in [-0.1, -0.05) is 12.1 Å². The highest BCUT2D eigenvalue weighted by atomic mass is 19.1. The Morgan fingerprint density at radius 1 is 1.50 bits per heavy atom. The summed E-state index contributed by atoms with van der Waals surface area (Å²) in [4.78, 5) is 11.3. The number of hydrogen-bond acceptors (Lipinski definition) is 3. The largest absolute Gasteiger partial charge is 0.491 e. The highest BCUT2D eigenvalue weighted by Crippen LogP contribution is 2.15. The van der Waals surface area contributed by atoms with E-state index in [-0.39, 0.29) is 24.8 Å². The number of amides is 1. The maximum atomic E-state index is 13.2. The molecule has 0 saturated carbocycles. The van der Waals surface area contributed by atoms with Gasteiger partial charge in [-0.25, -0.2) is 4.39 Å². The van der Waals surface area contributed by atoms with Crippen LogP contribution in [0.2, 0.25) is 0 Å². The van der Waals surface area contributed by atoms with Gasteiger partial charge in [-0.3, -0.25) is 4.79 Å². The molecule has 0 aliphatic carbocycles. The highest BCUT2D eigenvalue weighted by Gasteiger charge is 2.04. The van der Waals surface area contributed by atoms with E-state index in [2.05, 4.69) is 5.32 Å². The third-order valence-electron chi connectivity index (χ3n) is 2.24. The number of hydrogen-bond donors (Lipinski definition) is 2. The summed E-state index contributed by atoms with van der Waals surface area (Å²) in [5.74, 6) is -0.356. The van der Waals surface area contributed by atoms with Crippen LogP contribution in [0.1, 0.15) is 19.8 Å². The fourth-order valence-corrected chi connectivity index (χ4v) is 1.33. The van der Waals surface area contributed by atoms with Crippen molar-refractivity contribution in [3.05, 3.63) is 30.1 Å². The first-order valence-corrected chi connectivity index (χ1v) is 5.91. The molecular formula is C13H18FNO3. The van der Waals surface area contributed by atoms with Crippen molar-refractivity contribution < 1.29 is 19.0 Å². The topological polar surface area (TPSA) is 58.6 Å². The Balaban J connectivity index is 2.15. The van der Waals surface area contributed by atoms with Gasteiger partial charge in [0, 0.05) is 13.0 Å². The summed E-state index contributed by atoms with van der Waals surface area (Å²) < 4.78 is 18.4. The van der Waals surface area contributed by atoms with Crippen molar-refractivity contribution in [1.82, 2.24) is 5.32 Å². The number of carbonyl (C=O) groups is 1. The Labute approximate surface area is 106 Å². The van der Waals surface area contributed by atoms with Crippen LogP contribution in [0.5, 0.6) is 5.75 Å². The number of aliphatic hydroxyl groups excluding tert-OH is 1. The molecule has 0 aliphatic heterocycles. The van der Waals surface area contributed by atoms with E-state index >= 15 is 0 Å². The summed E-state index contributed by atoms with van der Waals surface area (Å²) in [5.41, 5.74) is 0. The van der Waals surface area contributed by atoms with Gasteiger partial charge in [0.15, 0.2) is 11.6 Å². The zero-order valence-electron chi connectivity index (χ0n) is 10.4. The summed E-state index contributed by atoms with van der Waals surface area (Å²) in [6.45, 7) is 2.12. The molecule has 18 heavy (non-hydrogen) atoms. The smallest absolute Gasteiger partial charge is 0.220 e. The van der Waals surface area contributed by atoms with E-state index in [9.17, 15) is 9.18 Å². The van der Waals surface area contributed by atoms with Crippen LogP contribution in [0.4, 0.5) is 4.39 Å². The number of halogens is 1. The van der Waals surface area contributed by atoms with Crippen LogP contribution in [0.15, 0.2) is 24.3 Å². The van der Waals surface area contributed by atoms with Gasteiger partial charge in [0.05, 0.1) is 12.7 Å². The summed E-state index contributed by atoms with van der Waals surface area (Å²) in [6, 6.07) is 6.15. The summed E-state index contributed by atoms with van der Waals surface area (Å²) in [6.07, 6.45) is 0.241. The Kier molecular flexibility index (Phi) is 6.14. The van der Waals surface area contributed by atoms with Crippen LogP contribution in [-0.4, -0.2) is 30.3 Å². The molecule has 0 fully saturated rings. The lowest BCUT2D eigenvalue weighted by atomic mass is 10.3. The van der Waals surface area contributed by atoms with E-state index < -0.39 is 11.9 Å². The van der Waals surface area contributed by atoms with Crippen molar-refractivity contribution in [2.24, 2.45) is 0 Å². The molecule has 0 aliphatic rings. The fourth-order valence-electron chi connectivity index (χ4n) is 1.33. The minimum atomic E-state index is -0.552. The summed E-state index contributed by atoms with van der Waals surface area (Å²) in [5, 5.41) is 11.5. The van der Waals surface area contributed by atoms with Crippen molar-refractivity contribution in [1.29, 1.82) is 0 Å². The summed E-state index contributed by atoms with van der Waals surface area (Å²) in [7, 11) is 0. The van der Waals surface area contributed by atoms with Crippen LogP contribution in [-0.2, 0) is 4.79 Å². The first kappa shape index (κ1) is 14.4. The third kappa shape index (κ3) is 5.63. The Morgan fingerprint density at radius 3 is 2.89 bits per heavy atom. The van der Waals surface area contributed by atoms with Crippen LogP contribution in [0, 0.1) is 5.82 Å².